The lowest BCUT2D eigenvalue weighted by Gasteiger charge is -2.46. The molecular weight excluding hydrogens is 316 g/mol. The number of hydrogen-bond acceptors (Lipinski definition) is 11. The Morgan fingerprint density at radius 2 is 1.22 bits per heavy atom. The molecule has 2 fully saturated rings. The van der Waals surface area contributed by atoms with Gasteiger partial charge in [-0.05, 0) is 0 Å². The van der Waals surface area contributed by atoms with E-state index in [0.29, 0.717) is 0 Å². The fourth-order valence-corrected chi connectivity index (χ4v) is 2.78. The zero-order valence-corrected chi connectivity index (χ0v) is 12.2. The second kappa shape index (κ2) is 7.21. The molecule has 1 aliphatic heterocycles. The van der Waals surface area contributed by atoms with Crippen molar-refractivity contribution in [1.29, 1.82) is 0 Å². The summed E-state index contributed by atoms with van der Waals surface area (Å²) >= 11 is 0. The first-order valence-corrected chi connectivity index (χ1v) is 7.23. The minimum atomic E-state index is -1.76. The summed E-state index contributed by atoms with van der Waals surface area (Å²) in [5.41, 5.74) is 11.1. The summed E-state index contributed by atoms with van der Waals surface area (Å²) in [4.78, 5) is 0. The minimum absolute atomic E-state index is 0.148. The molecule has 11 N–H and O–H groups in total. The fraction of sp³-hybridized carbons (Fsp3) is 1.00. The number of aliphatic hydroxyl groups excluding tert-OH is 7. The molecule has 0 aromatic rings. The van der Waals surface area contributed by atoms with E-state index >= 15 is 0 Å². The van der Waals surface area contributed by atoms with Crippen molar-refractivity contribution in [3.05, 3.63) is 0 Å². The van der Waals surface area contributed by atoms with E-state index in [1.165, 1.54) is 0 Å². The Bertz CT molecular complexity index is 385. The average Bonchev–Trinajstić information content (AvgIpc) is 2.54. The number of rotatable bonds is 3. The van der Waals surface area contributed by atoms with Crippen molar-refractivity contribution in [2.75, 3.05) is 6.54 Å². The maximum absolute atomic E-state index is 9.91. The van der Waals surface area contributed by atoms with Crippen LogP contribution in [0.4, 0.5) is 0 Å². The van der Waals surface area contributed by atoms with Gasteiger partial charge in [0.25, 0.3) is 0 Å². The molecular formula is C12H24N2O9. The molecule has 1 saturated heterocycles. The summed E-state index contributed by atoms with van der Waals surface area (Å²) in [7, 11) is 0. The van der Waals surface area contributed by atoms with Gasteiger partial charge in [-0.3, -0.25) is 0 Å². The predicted molar refractivity (Wildman–Crippen MR) is 72.6 cm³/mol. The summed E-state index contributed by atoms with van der Waals surface area (Å²) in [5, 5.41) is 68.3. The Labute approximate surface area is 131 Å². The first kappa shape index (κ1) is 18.9. The Balaban J connectivity index is 2.13. The third-order valence-electron chi connectivity index (χ3n) is 4.34. The predicted octanol–water partition coefficient (Wildman–Crippen LogP) is -6.08. The van der Waals surface area contributed by atoms with E-state index in [0.717, 1.165) is 0 Å². The highest BCUT2D eigenvalue weighted by atomic mass is 16.7. The Hall–Kier alpha value is -0.440. The lowest BCUT2D eigenvalue weighted by molar-refractivity contribution is -0.312. The molecule has 1 saturated carbocycles. The van der Waals surface area contributed by atoms with E-state index in [4.69, 9.17) is 20.9 Å². The van der Waals surface area contributed by atoms with E-state index in [-0.39, 0.29) is 6.54 Å². The maximum Gasteiger partial charge on any atom is 0.176 e. The largest absolute Gasteiger partial charge is 0.388 e. The number of nitrogens with two attached hydrogens (primary N) is 2. The molecule has 11 heteroatoms. The van der Waals surface area contributed by atoms with Gasteiger partial charge in [0.1, 0.15) is 54.9 Å². The average molecular weight is 340 g/mol. The number of hydrogen-bond donors (Lipinski definition) is 9. The molecule has 0 aromatic carbocycles. The molecule has 0 amide bonds. The van der Waals surface area contributed by atoms with Gasteiger partial charge in [0.2, 0.25) is 0 Å². The van der Waals surface area contributed by atoms with E-state index < -0.39 is 67.3 Å². The molecule has 9 unspecified atom stereocenters. The van der Waals surface area contributed by atoms with Crippen LogP contribution in [0.5, 0.6) is 0 Å². The van der Waals surface area contributed by atoms with Crippen molar-refractivity contribution < 1.29 is 45.2 Å². The van der Waals surface area contributed by atoms with Crippen LogP contribution in [0.15, 0.2) is 0 Å². The molecule has 0 radical (unpaired) electrons. The Kier molecular flexibility index (Phi) is 5.92. The molecule has 2 aliphatic rings. The van der Waals surface area contributed by atoms with Crippen LogP contribution < -0.4 is 11.5 Å². The van der Waals surface area contributed by atoms with Crippen LogP contribution in [0, 0.1) is 0 Å². The molecule has 23 heavy (non-hydrogen) atoms. The highest BCUT2D eigenvalue weighted by Gasteiger charge is 2.52. The molecule has 1 heterocycles. The molecule has 0 spiro atoms. The SMILES string of the molecule is NCC1OC(OC2C(O)C(O)C(O)C(O)C2O)C(N)C(O)C1O. The quantitative estimate of drug-likeness (QED) is 0.236. The summed E-state index contributed by atoms with van der Waals surface area (Å²) in [5.74, 6) is 0. The van der Waals surface area contributed by atoms with Gasteiger partial charge in [0, 0.05) is 6.54 Å². The smallest absolute Gasteiger partial charge is 0.176 e. The van der Waals surface area contributed by atoms with Crippen LogP contribution in [0.2, 0.25) is 0 Å². The standard InChI is InChI=1S/C12H24N2O9/c13-1-2-4(15)5(16)3(14)12(22-2)23-11-9(20)7(18)6(17)8(19)10(11)21/h2-12,15-21H,1,13-14H2. The van der Waals surface area contributed by atoms with Gasteiger partial charge in [-0.25, -0.2) is 0 Å². The summed E-state index contributed by atoms with van der Waals surface area (Å²) < 4.78 is 10.6. The van der Waals surface area contributed by atoms with Crippen LogP contribution in [-0.4, -0.2) is 110 Å². The first-order chi connectivity index (χ1) is 10.7. The van der Waals surface area contributed by atoms with Gasteiger partial charge in [-0.15, -0.1) is 0 Å². The number of ether oxygens (including phenoxy) is 2. The van der Waals surface area contributed by atoms with Crippen molar-refractivity contribution >= 4 is 0 Å². The number of aliphatic hydroxyl groups is 7. The van der Waals surface area contributed by atoms with Gasteiger partial charge in [0.15, 0.2) is 6.29 Å². The van der Waals surface area contributed by atoms with Gasteiger partial charge < -0.3 is 56.7 Å². The van der Waals surface area contributed by atoms with Crippen LogP contribution >= 0.6 is 0 Å². The van der Waals surface area contributed by atoms with E-state index in [2.05, 4.69) is 0 Å². The van der Waals surface area contributed by atoms with E-state index in [1.54, 1.807) is 0 Å². The Morgan fingerprint density at radius 3 is 1.70 bits per heavy atom. The van der Waals surface area contributed by atoms with Crippen molar-refractivity contribution in [1.82, 2.24) is 0 Å². The topological polar surface area (TPSA) is 212 Å². The van der Waals surface area contributed by atoms with Crippen molar-refractivity contribution in [3.63, 3.8) is 0 Å². The monoisotopic (exact) mass is 340 g/mol. The zero-order valence-electron chi connectivity index (χ0n) is 12.2. The molecule has 1 aliphatic carbocycles. The lowest BCUT2D eigenvalue weighted by atomic mass is 9.84. The highest BCUT2D eigenvalue weighted by molar-refractivity contribution is 5.01. The fourth-order valence-electron chi connectivity index (χ4n) is 2.78. The molecule has 2 rings (SSSR count). The molecule has 11 nitrogen and oxygen atoms in total. The van der Waals surface area contributed by atoms with Crippen LogP contribution in [0.1, 0.15) is 0 Å². The van der Waals surface area contributed by atoms with E-state index in [1.807, 2.05) is 0 Å². The molecule has 9 atom stereocenters. The highest BCUT2D eigenvalue weighted by Crippen LogP contribution is 2.28. The van der Waals surface area contributed by atoms with Gasteiger partial charge in [-0.1, -0.05) is 0 Å². The van der Waals surface area contributed by atoms with Gasteiger partial charge >= 0.3 is 0 Å². The Morgan fingerprint density at radius 1 is 0.739 bits per heavy atom. The second-order valence-corrected chi connectivity index (χ2v) is 5.89. The van der Waals surface area contributed by atoms with Gasteiger partial charge in [-0.2, -0.15) is 0 Å². The van der Waals surface area contributed by atoms with E-state index in [9.17, 15) is 35.7 Å². The minimum Gasteiger partial charge on any atom is -0.388 e. The normalized spacial score (nSPS) is 54.9. The maximum atomic E-state index is 9.91. The van der Waals surface area contributed by atoms with Crippen LogP contribution in [0.25, 0.3) is 0 Å². The molecule has 136 valence electrons. The first-order valence-electron chi connectivity index (χ1n) is 7.23. The molecule has 0 bridgehead atoms. The third kappa shape index (κ3) is 3.36. The zero-order chi connectivity index (χ0) is 17.5. The summed E-state index contributed by atoms with van der Waals surface area (Å²) in [6, 6.07) is -1.23. The summed E-state index contributed by atoms with van der Waals surface area (Å²) in [6.45, 7) is -0.148. The second-order valence-electron chi connectivity index (χ2n) is 5.89. The van der Waals surface area contributed by atoms with Crippen molar-refractivity contribution in [2.24, 2.45) is 11.5 Å². The van der Waals surface area contributed by atoms with Crippen molar-refractivity contribution in [3.8, 4) is 0 Å². The van der Waals surface area contributed by atoms with Crippen LogP contribution in [-0.2, 0) is 9.47 Å². The third-order valence-corrected chi connectivity index (χ3v) is 4.34. The van der Waals surface area contributed by atoms with Gasteiger partial charge in [0.05, 0.1) is 6.04 Å². The molecule has 0 aromatic heterocycles. The van der Waals surface area contributed by atoms with Crippen LogP contribution in [0.3, 0.4) is 0 Å². The lowest BCUT2D eigenvalue weighted by Crippen LogP contribution is -2.68. The van der Waals surface area contributed by atoms with Crippen molar-refractivity contribution in [2.45, 2.75) is 67.3 Å². The summed E-state index contributed by atoms with van der Waals surface area (Å²) in [6.07, 6.45) is -15.4.